The van der Waals surface area contributed by atoms with Crippen molar-refractivity contribution in [2.45, 2.75) is 38.8 Å². The molecule has 0 spiro atoms. The number of hydrogen-bond acceptors (Lipinski definition) is 1. The fraction of sp³-hybridized carbons (Fsp3) is 0.318. The molecule has 0 fully saturated rings. The lowest BCUT2D eigenvalue weighted by Gasteiger charge is -2.40. The van der Waals surface area contributed by atoms with Gasteiger partial charge in [-0.2, -0.15) is 0 Å². The van der Waals surface area contributed by atoms with Crippen molar-refractivity contribution in [3.05, 3.63) is 70.9 Å². The van der Waals surface area contributed by atoms with Crippen LogP contribution in [0.25, 0.3) is 10.9 Å². The number of hydrogen-bond donors (Lipinski definition) is 0. The molecule has 0 saturated carbocycles. The zero-order valence-electron chi connectivity index (χ0n) is 14.5. The van der Waals surface area contributed by atoms with Crippen LogP contribution in [0, 0.1) is 6.92 Å². The predicted molar refractivity (Wildman–Crippen MR) is 99.8 cm³/mol. The fourth-order valence-corrected chi connectivity index (χ4v) is 4.71. The molecule has 1 aliphatic heterocycles. The number of carbonyl (C=O) groups is 1. The van der Waals surface area contributed by atoms with E-state index in [9.17, 15) is 4.79 Å². The van der Waals surface area contributed by atoms with Gasteiger partial charge in [-0.05, 0) is 56.0 Å². The molecule has 3 nitrogen and oxygen atoms in total. The molecule has 0 saturated heterocycles. The van der Waals surface area contributed by atoms with Crippen molar-refractivity contribution in [2.75, 3.05) is 6.54 Å². The van der Waals surface area contributed by atoms with Crippen LogP contribution in [0.5, 0.6) is 0 Å². The standard InChI is InChI=1S/C22H22N2O/c1-15-10-11-19-18(14-15)17-8-5-9-20-21(17)23(19)12-13-24(20)22(25)16-6-3-2-4-7-16/h2-4,6-7,10-11,14,20H,5,8-9,12-13H2,1H3/t20-/m1/s1. The molecular weight excluding hydrogens is 308 g/mol. The first-order valence-corrected chi connectivity index (χ1v) is 9.21. The van der Waals surface area contributed by atoms with E-state index in [2.05, 4.69) is 34.6 Å². The second-order valence-corrected chi connectivity index (χ2v) is 7.31. The van der Waals surface area contributed by atoms with Crippen LogP contribution >= 0.6 is 0 Å². The van der Waals surface area contributed by atoms with Gasteiger partial charge in [0.05, 0.1) is 6.04 Å². The largest absolute Gasteiger partial charge is 0.341 e. The number of rotatable bonds is 1. The van der Waals surface area contributed by atoms with Gasteiger partial charge in [0.1, 0.15) is 0 Å². The molecular formula is C22H22N2O. The number of nitrogens with zero attached hydrogens (tertiary/aromatic N) is 2. The number of aryl methyl sites for hydroxylation is 2. The molecule has 1 atom stereocenters. The minimum Gasteiger partial charge on any atom is -0.341 e. The highest BCUT2D eigenvalue weighted by Gasteiger charge is 2.37. The lowest BCUT2D eigenvalue weighted by molar-refractivity contribution is 0.0601. The quantitative estimate of drug-likeness (QED) is 0.646. The number of carbonyl (C=O) groups excluding carboxylic acids is 1. The van der Waals surface area contributed by atoms with E-state index in [0.717, 1.165) is 37.9 Å². The summed E-state index contributed by atoms with van der Waals surface area (Å²) in [5, 5.41) is 1.40. The maximum Gasteiger partial charge on any atom is 0.254 e. The summed E-state index contributed by atoms with van der Waals surface area (Å²) in [6, 6.07) is 16.7. The molecule has 2 aromatic carbocycles. The van der Waals surface area contributed by atoms with Crippen LogP contribution in [0.2, 0.25) is 0 Å². The smallest absolute Gasteiger partial charge is 0.254 e. The van der Waals surface area contributed by atoms with Gasteiger partial charge in [-0.25, -0.2) is 0 Å². The van der Waals surface area contributed by atoms with Gasteiger partial charge in [-0.15, -0.1) is 0 Å². The van der Waals surface area contributed by atoms with Crippen molar-refractivity contribution in [3.63, 3.8) is 0 Å². The monoisotopic (exact) mass is 330 g/mol. The van der Waals surface area contributed by atoms with Crippen LogP contribution in [0.3, 0.4) is 0 Å². The maximum atomic E-state index is 13.1. The van der Waals surface area contributed by atoms with Gasteiger partial charge in [0.15, 0.2) is 0 Å². The van der Waals surface area contributed by atoms with E-state index < -0.39 is 0 Å². The molecule has 0 N–H and O–H groups in total. The van der Waals surface area contributed by atoms with Crippen molar-refractivity contribution in [1.82, 2.24) is 9.47 Å². The summed E-state index contributed by atoms with van der Waals surface area (Å²) in [5.41, 5.74) is 6.32. The van der Waals surface area contributed by atoms with Crippen LogP contribution in [-0.2, 0) is 13.0 Å². The molecule has 1 aromatic heterocycles. The van der Waals surface area contributed by atoms with Gasteiger partial charge in [-0.3, -0.25) is 4.79 Å². The Balaban J connectivity index is 1.64. The Labute approximate surface area is 147 Å². The summed E-state index contributed by atoms with van der Waals surface area (Å²) in [6.07, 6.45) is 3.36. The number of aromatic nitrogens is 1. The third kappa shape index (κ3) is 2.15. The normalized spacial score (nSPS) is 19.1. The van der Waals surface area contributed by atoms with Crippen LogP contribution in [0.15, 0.2) is 48.5 Å². The second-order valence-electron chi connectivity index (χ2n) is 7.31. The zero-order chi connectivity index (χ0) is 17.0. The summed E-state index contributed by atoms with van der Waals surface area (Å²) >= 11 is 0. The molecule has 5 rings (SSSR count). The van der Waals surface area contributed by atoms with Gasteiger partial charge in [0, 0.05) is 35.2 Å². The molecule has 2 heterocycles. The summed E-state index contributed by atoms with van der Waals surface area (Å²) in [7, 11) is 0. The fourth-order valence-electron chi connectivity index (χ4n) is 4.71. The maximum absolute atomic E-state index is 13.1. The molecule has 0 radical (unpaired) electrons. The molecule has 126 valence electrons. The van der Waals surface area contributed by atoms with Crippen molar-refractivity contribution >= 4 is 16.8 Å². The summed E-state index contributed by atoms with van der Waals surface area (Å²) in [6.45, 7) is 3.85. The lowest BCUT2D eigenvalue weighted by Crippen LogP contribution is -2.43. The first-order chi connectivity index (χ1) is 12.2. The molecule has 25 heavy (non-hydrogen) atoms. The summed E-state index contributed by atoms with van der Waals surface area (Å²) < 4.78 is 2.47. The first-order valence-electron chi connectivity index (χ1n) is 9.21. The predicted octanol–water partition coefficient (Wildman–Crippen LogP) is 4.48. The molecule has 1 aliphatic carbocycles. The van der Waals surface area contributed by atoms with Gasteiger partial charge < -0.3 is 9.47 Å². The Hall–Kier alpha value is -2.55. The van der Waals surface area contributed by atoms with Crippen LogP contribution < -0.4 is 0 Å². The second kappa shape index (κ2) is 5.48. The molecule has 0 unspecified atom stereocenters. The molecule has 3 heteroatoms. The van der Waals surface area contributed by atoms with Crippen molar-refractivity contribution in [1.29, 1.82) is 0 Å². The Kier molecular flexibility index (Phi) is 3.24. The molecule has 2 aliphatic rings. The Morgan fingerprint density at radius 2 is 1.92 bits per heavy atom. The van der Waals surface area contributed by atoms with Crippen LogP contribution in [0.4, 0.5) is 0 Å². The van der Waals surface area contributed by atoms with Gasteiger partial charge >= 0.3 is 0 Å². The van der Waals surface area contributed by atoms with E-state index in [1.165, 1.54) is 27.7 Å². The van der Waals surface area contributed by atoms with Crippen molar-refractivity contribution < 1.29 is 4.79 Å². The highest BCUT2D eigenvalue weighted by atomic mass is 16.2. The summed E-state index contributed by atoms with van der Waals surface area (Å²) in [5.74, 6) is 0.172. The molecule has 0 bridgehead atoms. The first kappa shape index (κ1) is 14.8. The van der Waals surface area contributed by atoms with Gasteiger partial charge in [0.2, 0.25) is 0 Å². The lowest BCUT2D eigenvalue weighted by atomic mass is 9.89. The zero-order valence-corrected chi connectivity index (χ0v) is 14.5. The minimum absolute atomic E-state index is 0.172. The molecule has 3 aromatic rings. The van der Waals surface area contributed by atoms with Crippen LogP contribution in [-0.4, -0.2) is 21.9 Å². The average Bonchev–Trinajstić information content (AvgIpc) is 2.97. The summed E-state index contributed by atoms with van der Waals surface area (Å²) in [4.78, 5) is 15.2. The number of benzene rings is 2. The molecule has 1 amide bonds. The van der Waals surface area contributed by atoms with E-state index >= 15 is 0 Å². The number of fused-ring (bicyclic) bond motifs is 3. The van der Waals surface area contributed by atoms with Gasteiger partial charge in [0.25, 0.3) is 5.91 Å². The number of amides is 1. The van der Waals surface area contributed by atoms with Gasteiger partial charge in [-0.1, -0.05) is 29.8 Å². The third-order valence-electron chi connectivity index (χ3n) is 5.81. The van der Waals surface area contributed by atoms with E-state index in [4.69, 9.17) is 0 Å². The van der Waals surface area contributed by atoms with E-state index in [-0.39, 0.29) is 11.9 Å². The third-order valence-corrected chi connectivity index (χ3v) is 5.81. The highest BCUT2D eigenvalue weighted by molar-refractivity contribution is 5.95. The topological polar surface area (TPSA) is 25.2 Å². The van der Waals surface area contributed by atoms with E-state index in [0.29, 0.717) is 0 Å². The SMILES string of the molecule is Cc1ccc2c(c1)c1c3n2CCN(C(=O)c2ccccc2)[C@@H]3CCC1. The van der Waals surface area contributed by atoms with Crippen LogP contribution in [0.1, 0.15) is 46.1 Å². The van der Waals surface area contributed by atoms with Crippen molar-refractivity contribution in [3.8, 4) is 0 Å². The van der Waals surface area contributed by atoms with E-state index in [1.54, 1.807) is 0 Å². The van der Waals surface area contributed by atoms with E-state index in [1.807, 2.05) is 30.3 Å². The highest BCUT2D eigenvalue weighted by Crippen LogP contribution is 2.43. The Morgan fingerprint density at radius 3 is 2.76 bits per heavy atom. The minimum atomic E-state index is 0.172. The average molecular weight is 330 g/mol. The van der Waals surface area contributed by atoms with Crippen molar-refractivity contribution in [2.24, 2.45) is 0 Å². The Morgan fingerprint density at radius 1 is 1.08 bits per heavy atom. The Bertz CT molecular complexity index is 971.